The van der Waals surface area contributed by atoms with Crippen molar-refractivity contribution in [2.45, 2.75) is 33.7 Å². The summed E-state index contributed by atoms with van der Waals surface area (Å²) in [4.78, 5) is 16.2. The molecule has 0 bridgehead atoms. The van der Waals surface area contributed by atoms with Crippen molar-refractivity contribution in [1.82, 2.24) is 4.98 Å². The van der Waals surface area contributed by atoms with Crippen molar-refractivity contribution in [2.24, 2.45) is 0 Å². The van der Waals surface area contributed by atoms with E-state index in [2.05, 4.69) is 44.3 Å². The summed E-state index contributed by atoms with van der Waals surface area (Å²) >= 11 is 0. The lowest BCUT2D eigenvalue weighted by Gasteiger charge is -2.28. The van der Waals surface area contributed by atoms with Gasteiger partial charge in [-0.3, -0.25) is 4.98 Å². The Morgan fingerprint density at radius 2 is 1.86 bits per heavy atom. The van der Waals surface area contributed by atoms with Gasteiger partial charge >= 0.3 is 0 Å². The van der Waals surface area contributed by atoms with Crippen LogP contribution in [0.4, 0.5) is 5.69 Å². The summed E-state index contributed by atoms with van der Waals surface area (Å²) in [5.74, 6) is 0.817. The number of aromatic nitrogens is 1. The molecule has 2 aromatic carbocycles. The summed E-state index contributed by atoms with van der Waals surface area (Å²) in [5.41, 5.74) is 11.2. The highest BCUT2D eigenvalue weighted by Crippen LogP contribution is 2.45. The molecule has 1 aliphatic rings. The van der Waals surface area contributed by atoms with Crippen LogP contribution in [0.3, 0.4) is 0 Å². The second kappa shape index (κ2) is 7.12. The second-order valence-electron chi connectivity index (χ2n) is 7.33. The van der Waals surface area contributed by atoms with Gasteiger partial charge in [0, 0.05) is 30.4 Å². The topological polar surface area (TPSA) is 51.2 Å². The van der Waals surface area contributed by atoms with E-state index in [0.29, 0.717) is 6.42 Å². The van der Waals surface area contributed by atoms with Gasteiger partial charge in [0.15, 0.2) is 0 Å². The number of fused-ring (bicyclic) bond motifs is 3. The summed E-state index contributed by atoms with van der Waals surface area (Å²) in [6.07, 6.45) is 3.30. The lowest BCUT2D eigenvalue weighted by Crippen LogP contribution is -2.15. The first-order valence-electron chi connectivity index (χ1n) is 9.49. The predicted octanol–water partition coefficient (Wildman–Crippen LogP) is 5.02. The molecule has 142 valence electrons. The van der Waals surface area contributed by atoms with Crippen LogP contribution in [0.1, 0.15) is 27.8 Å². The smallest absolute Gasteiger partial charge is 0.124 e. The SMILES string of the molecule is COc1ccc(-c2c(C)c3c(c(C)c2CC=O)NCc2cc(C)cnc2-3)cc1. The number of hydrogen-bond donors (Lipinski definition) is 1. The molecule has 0 atom stereocenters. The van der Waals surface area contributed by atoms with Crippen LogP contribution in [0.25, 0.3) is 22.4 Å². The number of anilines is 1. The van der Waals surface area contributed by atoms with E-state index in [-0.39, 0.29) is 0 Å². The van der Waals surface area contributed by atoms with E-state index in [1.807, 2.05) is 18.3 Å². The Balaban J connectivity index is 2.03. The number of nitrogens with zero attached hydrogens (tertiary/aromatic N) is 1. The quantitative estimate of drug-likeness (QED) is 0.654. The third kappa shape index (κ3) is 2.85. The molecule has 0 saturated heterocycles. The van der Waals surface area contributed by atoms with Gasteiger partial charge in [0.05, 0.1) is 12.8 Å². The minimum atomic E-state index is 0.386. The number of aldehydes is 1. The number of methoxy groups -OCH3 is 1. The zero-order valence-corrected chi connectivity index (χ0v) is 16.7. The summed E-state index contributed by atoms with van der Waals surface area (Å²) in [5, 5.41) is 3.57. The van der Waals surface area contributed by atoms with Gasteiger partial charge in [-0.15, -0.1) is 0 Å². The van der Waals surface area contributed by atoms with Crippen LogP contribution in [-0.2, 0) is 17.8 Å². The fourth-order valence-corrected chi connectivity index (χ4v) is 4.24. The molecule has 0 aliphatic carbocycles. The lowest BCUT2D eigenvalue weighted by atomic mass is 9.82. The minimum Gasteiger partial charge on any atom is -0.497 e. The monoisotopic (exact) mass is 372 g/mol. The Bertz CT molecular complexity index is 1070. The molecule has 4 heteroatoms. The molecule has 2 heterocycles. The highest BCUT2D eigenvalue weighted by Gasteiger charge is 2.26. The first kappa shape index (κ1) is 18.2. The van der Waals surface area contributed by atoms with Crippen molar-refractivity contribution in [3.05, 3.63) is 64.3 Å². The molecule has 28 heavy (non-hydrogen) atoms. The third-order valence-corrected chi connectivity index (χ3v) is 5.59. The summed E-state index contributed by atoms with van der Waals surface area (Å²) in [7, 11) is 1.66. The molecule has 0 radical (unpaired) electrons. The maximum atomic E-state index is 11.5. The maximum absolute atomic E-state index is 11.5. The number of benzene rings is 2. The average Bonchev–Trinajstić information content (AvgIpc) is 2.71. The fraction of sp³-hybridized carbons (Fsp3) is 0.250. The molecule has 3 aromatic rings. The average molecular weight is 372 g/mol. The van der Waals surface area contributed by atoms with Crippen LogP contribution in [0, 0.1) is 20.8 Å². The molecule has 0 amide bonds. The highest BCUT2D eigenvalue weighted by atomic mass is 16.5. The molecule has 1 aromatic heterocycles. The number of rotatable bonds is 4. The Morgan fingerprint density at radius 3 is 2.54 bits per heavy atom. The summed E-state index contributed by atoms with van der Waals surface area (Å²) in [6.45, 7) is 7.04. The molecular weight excluding hydrogens is 348 g/mol. The van der Waals surface area contributed by atoms with E-state index in [1.165, 1.54) is 5.56 Å². The summed E-state index contributed by atoms with van der Waals surface area (Å²) < 4.78 is 5.31. The van der Waals surface area contributed by atoms with Gasteiger partial charge in [0.1, 0.15) is 12.0 Å². The number of hydrogen-bond acceptors (Lipinski definition) is 4. The summed E-state index contributed by atoms with van der Waals surface area (Å²) in [6, 6.07) is 10.2. The molecule has 0 spiro atoms. The number of carbonyl (C=O) groups is 1. The number of nitrogens with one attached hydrogen (secondary N) is 1. The number of aryl methyl sites for hydroxylation is 1. The van der Waals surface area contributed by atoms with Crippen molar-refractivity contribution < 1.29 is 9.53 Å². The second-order valence-corrected chi connectivity index (χ2v) is 7.33. The van der Waals surface area contributed by atoms with Gasteiger partial charge < -0.3 is 14.8 Å². The maximum Gasteiger partial charge on any atom is 0.124 e. The first-order chi connectivity index (χ1) is 13.5. The van der Waals surface area contributed by atoms with E-state index < -0.39 is 0 Å². The van der Waals surface area contributed by atoms with E-state index in [9.17, 15) is 4.79 Å². The van der Waals surface area contributed by atoms with Crippen LogP contribution in [0.5, 0.6) is 5.75 Å². The Hall–Kier alpha value is -3.14. The first-order valence-corrected chi connectivity index (χ1v) is 9.49. The number of carbonyl (C=O) groups excluding carboxylic acids is 1. The largest absolute Gasteiger partial charge is 0.497 e. The number of pyridine rings is 1. The standard InChI is InChI=1S/C24H24N2O2/c1-14-11-18-13-26-23-15(2)20(9-10-27)21(16(3)22(23)24(18)25-12-14)17-5-7-19(28-4)8-6-17/h5-8,10-12,26H,9,13H2,1-4H3. The molecule has 0 fully saturated rings. The van der Waals surface area contributed by atoms with Crippen LogP contribution >= 0.6 is 0 Å². The Labute approximate surface area is 165 Å². The normalized spacial score (nSPS) is 12.0. The number of ether oxygens (including phenoxy) is 1. The molecular formula is C24H24N2O2. The van der Waals surface area contributed by atoms with Gasteiger partial charge in [-0.2, -0.15) is 0 Å². The van der Waals surface area contributed by atoms with Crippen molar-refractivity contribution in [2.75, 3.05) is 12.4 Å². The Morgan fingerprint density at radius 1 is 1.11 bits per heavy atom. The van der Waals surface area contributed by atoms with E-state index in [4.69, 9.17) is 9.72 Å². The third-order valence-electron chi connectivity index (χ3n) is 5.59. The molecule has 4 nitrogen and oxygen atoms in total. The van der Waals surface area contributed by atoms with E-state index >= 15 is 0 Å². The van der Waals surface area contributed by atoms with Crippen molar-refractivity contribution in [1.29, 1.82) is 0 Å². The van der Waals surface area contributed by atoms with Crippen LogP contribution in [0.15, 0.2) is 36.5 Å². The van der Waals surface area contributed by atoms with Crippen LogP contribution in [0.2, 0.25) is 0 Å². The van der Waals surface area contributed by atoms with Gasteiger partial charge in [-0.25, -0.2) is 0 Å². The van der Waals surface area contributed by atoms with Crippen LogP contribution in [-0.4, -0.2) is 18.4 Å². The van der Waals surface area contributed by atoms with Gasteiger partial charge in [-0.05, 0) is 71.8 Å². The molecule has 1 aliphatic heterocycles. The van der Waals surface area contributed by atoms with Gasteiger partial charge in [0.25, 0.3) is 0 Å². The zero-order valence-electron chi connectivity index (χ0n) is 16.7. The van der Waals surface area contributed by atoms with Crippen molar-refractivity contribution >= 4 is 12.0 Å². The van der Waals surface area contributed by atoms with Crippen molar-refractivity contribution in [3.63, 3.8) is 0 Å². The molecule has 0 saturated carbocycles. The minimum absolute atomic E-state index is 0.386. The lowest BCUT2D eigenvalue weighted by molar-refractivity contribution is -0.107. The van der Waals surface area contributed by atoms with Gasteiger partial charge in [0.2, 0.25) is 0 Å². The zero-order chi connectivity index (χ0) is 19.8. The van der Waals surface area contributed by atoms with E-state index in [1.54, 1.807) is 7.11 Å². The van der Waals surface area contributed by atoms with E-state index in [0.717, 1.165) is 68.9 Å². The Kier molecular flexibility index (Phi) is 4.63. The highest BCUT2D eigenvalue weighted by molar-refractivity contribution is 5.93. The molecule has 1 N–H and O–H groups in total. The molecule has 4 rings (SSSR count). The van der Waals surface area contributed by atoms with Crippen LogP contribution < -0.4 is 10.1 Å². The predicted molar refractivity (Wildman–Crippen MR) is 113 cm³/mol. The molecule has 0 unspecified atom stereocenters. The fourth-order valence-electron chi connectivity index (χ4n) is 4.24. The van der Waals surface area contributed by atoms with Gasteiger partial charge in [-0.1, -0.05) is 18.2 Å². The van der Waals surface area contributed by atoms with Crippen molar-refractivity contribution in [3.8, 4) is 28.1 Å².